The summed E-state index contributed by atoms with van der Waals surface area (Å²) in [7, 11) is 1.83. The van der Waals surface area contributed by atoms with Crippen molar-refractivity contribution in [3.05, 3.63) is 41.2 Å². The first-order valence-corrected chi connectivity index (χ1v) is 5.22. The molecule has 0 spiro atoms. The van der Waals surface area contributed by atoms with Crippen LogP contribution in [-0.4, -0.2) is 9.78 Å². The first kappa shape index (κ1) is 11.0. The smallest absolute Gasteiger partial charge is 0.165 e. The van der Waals surface area contributed by atoms with E-state index < -0.39 is 0 Å². The lowest BCUT2D eigenvalue weighted by Gasteiger charge is -2.05. The van der Waals surface area contributed by atoms with Crippen LogP contribution >= 0.6 is 11.6 Å². The van der Waals surface area contributed by atoms with Crippen molar-refractivity contribution in [1.82, 2.24) is 9.78 Å². The summed E-state index contributed by atoms with van der Waals surface area (Å²) in [5.41, 5.74) is 6.42. The van der Waals surface area contributed by atoms with Gasteiger partial charge in [-0.15, -0.1) is 0 Å². The molecule has 2 aromatic rings. The molecule has 0 unspecified atom stereocenters. The van der Waals surface area contributed by atoms with Crippen LogP contribution in [0.1, 0.15) is 5.56 Å². The second kappa shape index (κ2) is 4.55. The van der Waals surface area contributed by atoms with Crippen LogP contribution in [0.3, 0.4) is 0 Å². The number of nitrogens with two attached hydrogens (primary N) is 1. The van der Waals surface area contributed by atoms with Crippen LogP contribution < -0.4 is 10.5 Å². The summed E-state index contributed by atoms with van der Waals surface area (Å²) in [6.07, 6.45) is 3.43. The quantitative estimate of drug-likeness (QED) is 0.892. The third-order valence-corrected chi connectivity index (χ3v) is 2.51. The number of hydrogen-bond acceptors (Lipinski definition) is 3. The molecule has 1 heterocycles. The Kier molecular flexibility index (Phi) is 3.12. The third-order valence-electron chi connectivity index (χ3n) is 2.16. The van der Waals surface area contributed by atoms with Gasteiger partial charge in [-0.25, -0.2) is 0 Å². The zero-order valence-electron chi connectivity index (χ0n) is 8.85. The molecular weight excluding hydrogens is 226 g/mol. The fourth-order valence-corrected chi connectivity index (χ4v) is 1.59. The maximum Gasteiger partial charge on any atom is 0.165 e. The molecule has 84 valence electrons. The molecule has 1 aromatic heterocycles. The molecule has 0 fully saturated rings. The van der Waals surface area contributed by atoms with Crippen molar-refractivity contribution >= 4 is 11.6 Å². The second-order valence-electron chi connectivity index (χ2n) is 3.41. The number of benzene rings is 1. The van der Waals surface area contributed by atoms with Gasteiger partial charge >= 0.3 is 0 Å². The number of aryl methyl sites for hydroxylation is 1. The van der Waals surface area contributed by atoms with E-state index in [1.165, 1.54) is 0 Å². The average molecular weight is 238 g/mol. The number of rotatable bonds is 3. The first-order valence-electron chi connectivity index (χ1n) is 4.84. The minimum absolute atomic E-state index is 0.423. The van der Waals surface area contributed by atoms with Crippen molar-refractivity contribution < 1.29 is 4.74 Å². The zero-order valence-corrected chi connectivity index (χ0v) is 9.61. The molecule has 2 N–H and O–H groups in total. The SMILES string of the molecule is Cn1cc(Oc2ccc(CN)c(Cl)c2)cn1. The van der Waals surface area contributed by atoms with Gasteiger partial charge in [-0.1, -0.05) is 17.7 Å². The molecule has 0 aliphatic heterocycles. The van der Waals surface area contributed by atoms with Crippen molar-refractivity contribution in [3.63, 3.8) is 0 Å². The van der Waals surface area contributed by atoms with Gasteiger partial charge in [-0.2, -0.15) is 5.10 Å². The Hall–Kier alpha value is -1.52. The van der Waals surface area contributed by atoms with E-state index in [1.807, 2.05) is 19.2 Å². The summed E-state index contributed by atoms with van der Waals surface area (Å²) in [4.78, 5) is 0. The fraction of sp³-hybridized carbons (Fsp3) is 0.182. The van der Waals surface area contributed by atoms with Crippen molar-refractivity contribution in [3.8, 4) is 11.5 Å². The van der Waals surface area contributed by atoms with Gasteiger partial charge in [0, 0.05) is 18.6 Å². The lowest BCUT2D eigenvalue weighted by atomic mass is 10.2. The van der Waals surface area contributed by atoms with Crippen LogP contribution in [0.2, 0.25) is 5.02 Å². The molecule has 0 aliphatic carbocycles. The van der Waals surface area contributed by atoms with Gasteiger partial charge in [0.1, 0.15) is 5.75 Å². The van der Waals surface area contributed by atoms with Crippen LogP contribution in [-0.2, 0) is 13.6 Å². The molecule has 0 saturated carbocycles. The highest BCUT2D eigenvalue weighted by Crippen LogP contribution is 2.26. The highest BCUT2D eigenvalue weighted by atomic mass is 35.5. The minimum Gasteiger partial charge on any atom is -0.454 e. The van der Waals surface area contributed by atoms with E-state index in [2.05, 4.69) is 5.10 Å². The van der Waals surface area contributed by atoms with Crippen LogP contribution in [0.4, 0.5) is 0 Å². The minimum atomic E-state index is 0.423. The first-order chi connectivity index (χ1) is 7.69. The summed E-state index contributed by atoms with van der Waals surface area (Å²) in [5, 5.41) is 4.62. The van der Waals surface area contributed by atoms with E-state index in [9.17, 15) is 0 Å². The molecule has 1 aromatic carbocycles. The maximum atomic E-state index is 6.02. The van der Waals surface area contributed by atoms with Gasteiger partial charge in [0.25, 0.3) is 0 Å². The predicted octanol–water partition coefficient (Wildman–Crippen LogP) is 2.32. The van der Waals surface area contributed by atoms with E-state index in [0.717, 1.165) is 5.56 Å². The van der Waals surface area contributed by atoms with Gasteiger partial charge in [-0.05, 0) is 17.7 Å². The summed E-state index contributed by atoms with van der Waals surface area (Å²) >= 11 is 6.02. The van der Waals surface area contributed by atoms with Crippen LogP contribution in [0.5, 0.6) is 11.5 Å². The van der Waals surface area contributed by atoms with Crippen LogP contribution in [0.25, 0.3) is 0 Å². The van der Waals surface area contributed by atoms with Crippen molar-refractivity contribution in [1.29, 1.82) is 0 Å². The average Bonchev–Trinajstić information content (AvgIpc) is 2.64. The molecule has 16 heavy (non-hydrogen) atoms. The van der Waals surface area contributed by atoms with Crippen LogP contribution in [0, 0.1) is 0 Å². The Morgan fingerprint density at radius 2 is 2.25 bits per heavy atom. The molecule has 0 radical (unpaired) electrons. The monoisotopic (exact) mass is 237 g/mol. The van der Waals surface area contributed by atoms with Crippen molar-refractivity contribution in [2.24, 2.45) is 12.8 Å². The maximum absolute atomic E-state index is 6.02. The topological polar surface area (TPSA) is 53.1 Å². The number of halogens is 1. The zero-order chi connectivity index (χ0) is 11.5. The number of hydrogen-bond donors (Lipinski definition) is 1. The lowest BCUT2D eigenvalue weighted by molar-refractivity contribution is 0.482. The number of aromatic nitrogens is 2. The van der Waals surface area contributed by atoms with E-state index in [1.54, 1.807) is 23.1 Å². The Morgan fingerprint density at radius 1 is 1.44 bits per heavy atom. The Morgan fingerprint density at radius 3 is 2.81 bits per heavy atom. The molecule has 4 nitrogen and oxygen atoms in total. The highest BCUT2D eigenvalue weighted by Gasteiger charge is 2.03. The van der Waals surface area contributed by atoms with Gasteiger partial charge in [0.15, 0.2) is 5.75 Å². The van der Waals surface area contributed by atoms with Gasteiger partial charge < -0.3 is 10.5 Å². The van der Waals surface area contributed by atoms with E-state index >= 15 is 0 Å². The molecule has 0 amide bonds. The fourth-order valence-electron chi connectivity index (χ4n) is 1.34. The van der Waals surface area contributed by atoms with Crippen molar-refractivity contribution in [2.45, 2.75) is 6.54 Å². The highest BCUT2D eigenvalue weighted by molar-refractivity contribution is 6.31. The van der Waals surface area contributed by atoms with Gasteiger partial charge in [0.05, 0.1) is 12.4 Å². The predicted molar refractivity (Wildman–Crippen MR) is 62.6 cm³/mol. The molecular formula is C11H12ClN3O. The van der Waals surface area contributed by atoms with Crippen molar-refractivity contribution in [2.75, 3.05) is 0 Å². The number of nitrogens with zero attached hydrogens (tertiary/aromatic N) is 2. The molecule has 0 saturated heterocycles. The summed E-state index contributed by atoms with van der Waals surface area (Å²) in [5.74, 6) is 1.36. The standard InChI is InChI=1S/C11H12ClN3O/c1-15-7-10(6-14-15)16-9-3-2-8(5-13)11(12)4-9/h2-4,6-7H,5,13H2,1H3. The molecule has 0 bridgehead atoms. The van der Waals surface area contributed by atoms with E-state index in [-0.39, 0.29) is 0 Å². The number of ether oxygens (including phenoxy) is 1. The second-order valence-corrected chi connectivity index (χ2v) is 3.82. The molecule has 0 aliphatic rings. The molecule has 0 atom stereocenters. The molecule has 5 heteroatoms. The van der Waals surface area contributed by atoms with Gasteiger partial charge in [-0.3, -0.25) is 4.68 Å². The third kappa shape index (κ3) is 2.35. The summed E-state index contributed by atoms with van der Waals surface area (Å²) < 4.78 is 7.24. The molecule has 2 rings (SSSR count). The van der Waals surface area contributed by atoms with Gasteiger partial charge in [0.2, 0.25) is 0 Å². The largest absolute Gasteiger partial charge is 0.454 e. The lowest BCUT2D eigenvalue weighted by Crippen LogP contribution is -1.96. The Bertz CT molecular complexity index is 496. The summed E-state index contributed by atoms with van der Waals surface area (Å²) in [6, 6.07) is 5.44. The normalized spacial score (nSPS) is 10.4. The van der Waals surface area contributed by atoms with E-state index in [4.69, 9.17) is 22.1 Å². The Labute approximate surface area is 98.6 Å². The van der Waals surface area contributed by atoms with Crippen LogP contribution in [0.15, 0.2) is 30.6 Å². The summed E-state index contributed by atoms with van der Waals surface area (Å²) in [6.45, 7) is 0.423. The Balaban J connectivity index is 2.19. The van der Waals surface area contributed by atoms with E-state index in [0.29, 0.717) is 23.1 Å².